The van der Waals surface area contributed by atoms with E-state index >= 15 is 0 Å². The highest BCUT2D eigenvalue weighted by atomic mass is 16.5. The van der Waals surface area contributed by atoms with E-state index in [-0.39, 0.29) is 12.1 Å². The Balaban J connectivity index is 2.10. The minimum absolute atomic E-state index is 0.0809. The van der Waals surface area contributed by atoms with E-state index in [9.17, 15) is 0 Å². The highest BCUT2D eigenvalue weighted by Gasteiger charge is 2.11. The van der Waals surface area contributed by atoms with Gasteiger partial charge in [0, 0.05) is 6.04 Å². The highest BCUT2D eigenvalue weighted by molar-refractivity contribution is 5.37. The summed E-state index contributed by atoms with van der Waals surface area (Å²) in [5, 5.41) is 0. The van der Waals surface area contributed by atoms with Crippen molar-refractivity contribution in [2.24, 2.45) is 5.73 Å². The molecular weight excluding hydrogens is 210 g/mol. The second-order valence-corrected chi connectivity index (χ2v) is 4.83. The lowest BCUT2D eigenvalue weighted by Gasteiger charge is -2.20. The summed E-state index contributed by atoms with van der Waals surface area (Å²) in [6.07, 6.45) is 8.14. The Kier molecular flexibility index (Phi) is 3.85. The van der Waals surface area contributed by atoms with E-state index in [0.717, 1.165) is 17.7 Å². The van der Waals surface area contributed by atoms with Crippen molar-refractivity contribution in [3.63, 3.8) is 0 Å². The van der Waals surface area contributed by atoms with Crippen molar-refractivity contribution in [1.29, 1.82) is 0 Å². The lowest BCUT2D eigenvalue weighted by Crippen LogP contribution is -2.16. The van der Waals surface area contributed by atoms with Gasteiger partial charge in [-0.1, -0.05) is 18.2 Å². The van der Waals surface area contributed by atoms with Gasteiger partial charge in [0.05, 0.1) is 0 Å². The van der Waals surface area contributed by atoms with Gasteiger partial charge in [-0.25, -0.2) is 0 Å². The van der Waals surface area contributed by atoms with Crippen LogP contribution < -0.4 is 10.5 Å². The van der Waals surface area contributed by atoms with Crippen molar-refractivity contribution in [3.05, 3.63) is 41.5 Å². The van der Waals surface area contributed by atoms with Gasteiger partial charge in [-0.15, -0.1) is 0 Å². The standard InChI is InChI=1S/C15H21NO/c1-11-10-13(12(2)16)8-9-15(11)17-14-6-4-3-5-7-14/h4,6,8-10,12,14H,3,5,7,16H2,1-2H3/t12-,14?/m1/s1. The topological polar surface area (TPSA) is 35.2 Å². The summed E-state index contributed by atoms with van der Waals surface area (Å²) in [6.45, 7) is 4.08. The first kappa shape index (κ1) is 12.2. The third kappa shape index (κ3) is 3.10. The molecule has 2 nitrogen and oxygen atoms in total. The highest BCUT2D eigenvalue weighted by Crippen LogP contribution is 2.25. The van der Waals surface area contributed by atoms with Crippen molar-refractivity contribution in [3.8, 4) is 5.75 Å². The zero-order valence-corrected chi connectivity index (χ0v) is 10.6. The first-order valence-corrected chi connectivity index (χ1v) is 6.36. The second-order valence-electron chi connectivity index (χ2n) is 4.83. The van der Waals surface area contributed by atoms with Gasteiger partial charge >= 0.3 is 0 Å². The summed E-state index contributed by atoms with van der Waals surface area (Å²) in [5.41, 5.74) is 8.19. The van der Waals surface area contributed by atoms with Crippen LogP contribution in [0, 0.1) is 6.92 Å². The molecule has 0 saturated heterocycles. The van der Waals surface area contributed by atoms with Gasteiger partial charge in [-0.2, -0.15) is 0 Å². The molecule has 1 aromatic rings. The van der Waals surface area contributed by atoms with Crippen molar-refractivity contribution >= 4 is 0 Å². The molecule has 2 heteroatoms. The number of benzene rings is 1. The molecule has 92 valence electrons. The van der Waals surface area contributed by atoms with Gasteiger partial charge in [0.2, 0.25) is 0 Å². The summed E-state index contributed by atoms with van der Waals surface area (Å²) < 4.78 is 5.99. The number of aryl methyl sites for hydroxylation is 1. The van der Waals surface area contributed by atoms with Crippen LogP contribution in [0.15, 0.2) is 30.4 Å². The molecule has 1 aliphatic carbocycles. The van der Waals surface area contributed by atoms with Gasteiger partial charge in [-0.05, 0) is 56.4 Å². The summed E-state index contributed by atoms with van der Waals surface area (Å²) in [5.74, 6) is 0.978. The smallest absolute Gasteiger partial charge is 0.123 e. The second kappa shape index (κ2) is 5.37. The molecule has 1 aromatic carbocycles. The summed E-state index contributed by atoms with van der Waals surface area (Å²) in [4.78, 5) is 0. The van der Waals surface area contributed by atoms with Crippen molar-refractivity contribution in [1.82, 2.24) is 0 Å². The Morgan fingerprint density at radius 1 is 1.41 bits per heavy atom. The van der Waals surface area contributed by atoms with Crippen LogP contribution >= 0.6 is 0 Å². The Morgan fingerprint density at radius 3 is 2.82 bits per heavy atom. The molecule has 0 heterocycles. The third-order valence-electron chi connectivity index (χ3n) is 3.21. The van der Waals surface area contributed by atoms with Gasteiger partial charge < -0.3 is 10.5 Å². The maximum absolute atomic E-state index is 5.99. The summed E-state index contributed by atoms with van der Waals surface area (Å²) in [7, 11) is 0. The maximum Gasteiger partial charge on any atom is 0.123 e. The first-order valence-electron chi connectivity index (χ1n) is 6.36. The lowest BCUT2D eigenvalue weighted by molar-refractivity contribution is 0.228. The zero-order chi connectivity index (χ0) is 12.3. The monoisotopic (exact) mass is 231 g/mol. The van der Waals surface area contributed by atoms with Crippen LogP contribution in [0.1, 0.15) is 43.4 Å². The molecule has 2 N–H and O–H groups in total. The van der Waals surface area contributed by atoms with Gasteiger partial charge in [0.1, 0.15) is 11.9 Å². The molecule has 0 amide bonds. The molecule has 0 aliphatic heterocycles. The van der Waals surface area contributed by atoms with Crippen LogP contribution in [0.5, 0.6) is 5.75 Å². The predicted molar refractivity (Wildman–Crippen MR) is 71.2 cm³/mol. The summed E-state index contributed by atoms with van der Waals surface area (Å²) in [6, 6.07) is 6.29. The molecule has 0 aromatic heterocycles. The van der Waals surface area contributed by atoms with Gasteiger partial charge in [-0.3, -0.25) is 0 Å². The minimum atomic E-state index is 0.0809. The van der Waals surface area contributed by atoms with Crippen LogP contribution in [-0.2, 0) is 0 Å². The molecule has 0 spiro atoms. The van der Waals surface area contributed by atoms with Gasteiger partial charge in [0.25, 0.3) is 0 Å². The first-order chi connectivity index (χ1) is 8.16. The average molecular weight is 231 g/mol. The number of allylic oxidation sites excluding steroid dienone is 1. The van der Waals surface area contributed by atoms with E-state index in [1.807, 2.05) is 13.0 Å². The Morgan fingerprint density at radius 2 is 2.24 bits per heavy atom. The van der Waals surface area contributed by atoms with Crippen LogP contribution in [0.3, 0.4) is 0 Å². The van der Waals surface area contributed by atoms with E-state index in [1.165, 1.54) is 18.4 Å². The van der Waals surface area contributed by atoms with Crippen molar-refractivity contribution < 1.29 is 4.74 Å². The quantitative estimate of drug-likeness (QED) is 0.808. The molecule has 0 fully saturated rings. The molecule has 1 aliphatic rings. The molecule has 0 radical (unpaired) electrons. The van der Waals surface area contributed by atoms with Crippen LogP contribution in [0.4, 0.5) is 0 Å². The average Bonchev–Trinajstić information content (AvgIpc) is 2.33. The molecule has 1 unspecified atom stereocenters. The fourth-order valence-electron chi connectivity index (χ4n) is 2.13. The number of ether oxygens (including phenoxy) is 1. The lowest BCUT2D eigenvalue weighted by atomic mass is 10.0. The molecule has 0 saturated carbocycles. The van der Waals surface area contributed by atoms with Crippen LogP contribution in [-0.4, -0.2) is 6.10 Å². The van der Waals surface area contributed by atoms with E-state index in [1.54, 1.807) is 0 Å². The van der Waals surface area contributed by atoms with E-state index in [4.69, 9.17) is 10.5 Å². The molecule has 0 bridgehead atoms. The fraction of sp³-hybridized carbons (Fsp3) is 0.467. The SMILES string of the molecule is Cc1cc([C@@H](C)N)ccc1OC1C=CCCC1. The van der Waals surface area contributed by atoms with E-state index in [2.05, 4.69) is 31.2 Å². The predicted octanol–water partition coefficient (Wildman–Crippen LogP) is 3.50. The number of rotatable bonds is 3. The normalized spacial score (nSPS) is 21.2. The number of nitrogens with two attached hydrogens (primary N) is 1. The van der Waals surface area contributed by atoms with E-state index in [0.29, 0.717) is 0 Å². The Hall–Kier alpha value is -1.28. The van der Waals surface area contributed by atoms with Crippen molar-refractivity contribution in [2.75, 3.05) is 0 Å². The Bertz CT molecular complexity index is 409. The Labute approximate surface area is 103 Å². The van der Waals surface area contributed by atoms with Crippen LogP contribution in [0.25, 0.3) is 0 Å². The molecule has 17 heavy (non-hydrogen) atoms. The number of hydrogen-bond donors (Lipinski definition) is 1. The molecule has 2 rings (SSSR count). The van der Waals surface area contributed by atoms with Gasteiger partial charge in [0.15, 0.2) is 0 Å². The third-order valence-corrected chi connectivity index (χ3v) is 3.21. The minimum Gasteiger partial charge on any atom is -0.486 e. The fourth-order valence-corrected chi connectivity index (χ4v) is 2.13. The maximum atomic E-state index is 5.99. The molecular formula is C15H21NO. The van der Waals surface area contributed by atoms with Crippen LogP contribution in [0.2, 0.25) is 0 Å². The van der Waals surface area contributed by atoms with E-state index < -0.39 is 0 Å². The number of hydrogen-bond acceptors (Lipinski definition) is 2. The molecule has 2 atom stereocenters. The summed E-state index contributed by atoms with van der Waals surface area (Å²) >= 11 is 0. The largest absolute Gasteiger partial charge is 0.486 e. The zero-order valence-electron chi connectivity index (χ0n) is 10.6. The van der Waals surface area contributed by atoms with Crippen molar-refractivity contribution in [2.45, 2.75) is 45.3 Å².